The summed E-state index contributed by atoms with van der Waals surface area (Å²) in [6.45, 7) is 2.10. The highest BCUT2D eigenvalue weighted by molar-refractivity contribution is 6.09. The third-order valence-corrected chi connectivity index (χ3v) is 5.89. The lowest BCUT2D eigenvalue weighted by Gasteiger charge is -2.11. The number of nitrogens with one attached hydrogen (secondary N) is 1. The van der Waals surface area contributed by atoms with E-state index in [2.05, 4.69) is 5.32 Å². The highest BCUT2D eigenvalue weighted by atomic mass is 16.5. The van der Waals surface area contributed by atoms with Gasteiger partial charge in [-0.3, -0.25) is 14.3 Å². The van der Waals surface area contributed by atoms with Crippen LogP contribution in [-0.2, 0) is 18.4 Å². The van der Waals surface area contributed by atoms with Crippen LogP contribution in [0.25, 0.3) is 11.8 Å². The predicted octanol–water partition coefficient (Wildman–Crippen LogP) is 4.62. The minimum atomic E-state index is -0.683. The van der Waals surface area contributed by atoms with Gasteiger partial charge in [-0.1, -0.05) is 54.6 Å². The predicted molar refractivity (Wildman–Crippen MR) is 142 cm³/mol. The molecule has 0 saturated heterocycles. The molecule has 37 heavy (non-hydrogen) atoms. The standard InChI is InChI=1S/C29H26N4O4/c1-20-27(29(35)33(32(20)2)24-12-8-5-9-13-24)31-28(34)23(18-30)16-22-14-15-25(26(17-22)36-3)37-19-21-10-6-4-7-11-21/h4-17H,19H2,1-3H3,(H,31,34)/b23-16+. The number of methoxy groups -OCH3 is 1. The summed E-state index contributed by atoms with van der Waals surface area (Å²) in [6, 6.07) is 25.9. The second-order valence-corrected chi connectivity index (χ2v) is 8.25. The molecule has 8 nitrogen and oxygen atoms in total. The molecule has 0 aliphatic rings. The van der Waals surface area contributed by atoms with E-state index < -0.39 is 11.5 Å². The molecule has 1 N–H and O–H groups in total. The van der Waals surface area contributed by atoms with E-state index in [9.17, 15) is 14.9 Å². The number of hydrogen-bond donors (Lipinski definition) is 1. The fourth-order valence-corrected chi connectivity index (χ4v) is 3.84. The van der Waals surface area contributed by atoms with Gasteiger partial charge in [-0.15, -0.1) is 0 Å². The Morgan fingerprint density at radius 3 is 2.35 bits per heavy atom. The molecule has 0 radical (unpaired) electrons. The fourth-order valence-electron chi connectivity index (χ4n) is 3.84. The van der Waals surface area contributed by atoms with Gasteiger partial charge in [0.15, 0.2) is 11.5 Å². The fraction of sp³-hybridized carbons (Fsp3) is 0.138. The van der Waals surface area contributed by atoms with Crippen LogP contribution in [0.4, 0.5) is 5.69 Å². The minimum Gasteiger partial charge on any atom is -0.493 e. The maximum Gasteiger partial charge on any atom is 0.295 e. The molecule has 0 atom stereocenters. The van der Waals surface area contributed by atoms with Gasteiger partial charge in [0.1, 0.15) is 23.9 Å². The number of hydrogen-bond acceptors (Lipinski definition) is 5. The van der Waals surface area contributed by atoms with Crippen molar-refractivity contribution < 1.29 is 14.3 Å². The molecule has 0 fully saturated rings. The average Bonchev–Trinajstić information content (AvgIpc) is 3.14. The normalized spacial score (nSPS) is 11.0. The van der Waals surface area contributed by atoms with Crippen LogP contribution in [0.15, 0.2) is 89.2 Å². The Hall–Kier alpha value is -5.03. The summed E-state index contributed by atoms with van der Waals surface area (Å²) in [7, 11) is 3.25. The number of amides is 1. The first-order chi connectivity index (χ1) is 17.9. The van der Waals surface area contributed by atoms with Crippen LogP contribution in [0.5, 0.6) is 11.5 Å². The van der Waals surface area contributed by atoms with Crippen molar-refractivity contribution >= 4 is 17.7 Å². The molecule has 0 saturated carbocycles. The van der Waals surface area contributed by atoms with E-state index in [4.69, 9.17) is 9.47 Å². The van der Waals surface area contributed by atoms with E-state index in [1.165, 1.54) is 17.9 Å². The van der Waals surface area contributed by atoms with E-state index in [-0.39, 0.29) is 11.3 Å². The molecule has 186 valence electrons. The molecule has 0 bridgehead atoms. The third kappa shape index (κ3) is 5.46. The minimum absolute atomic E-state index is 0.111. The molecule has 1 aromatic heterocycles. The molecular formula is C29H26N4O4. The maximum atomic E-state index is 13.1. The van der Waals surface area contributed by atoms with Crippen LogP contribution in [0.3, 0.4) is 0 Å². The lowest BCUT2D eigenvalue weighted by molar-refractivity contribution is -0.112. The van der Waals surface area contributed by atoms with E-state index in [1.807, 2.05) is 54.6 Å². The Morgan fingerprint density at radius 2 is 1.70 bits per heavy atom. The number of nitrogens with zero attached hydrogens (tertiary/aromatic N) is 3. The van der Waals surface area contributed by atoms with Crippen LogP contribution in [0.1, 0.15) is 16.8 Å². The molecular weight excluding hydrogens is 468 g/mol. The number of carbonyl (C=O) groups excluding carboxylic acids is 1. The summed E-state index contributed by atoms with van der Waals surface area (Å²) in [4.78, 5) is 26.1. The summed E-state index contributed by atoms with van der Waals surface area (Å²) < 4.78 is 14.4. The Bertz CT molecular complexity index is 1540. The van der Waals surface area contributed by atoms with Crippen LogP contribution in [0.2, 0.25) is 0 Å². The van der Waals surface area contributed by atoms with E-state index in [0.717, 1.165) is 5.56 Å². The van der Waals surface area contributed by atoms with Crippen molar-refractivity contribution in [2.24, 2.45) is 7.05 Å². The van der Waals surface area contributed by atoms with Gasteiger partial charge < -0.3 is 14.8 Å². The van der Waals surface area contributed by atoms with Gasteiger partial charge in [0.25, 0.3) is 11.5 Å². The van der Waals surface area contributed by atoms with Gasteiger partial charge in [-0.2, -0.15) is 5.26 Å². The summed E-state index contributed by atoms with van der Waals surface area (Å²) >= 11 is 0. The number of anilines is 1. The van der Waals surface area contributed by atoms with Gasteiger partial charge >= 0.3 is 0 Å². The van der Waals surface area contributed by atoms with Crippen LogP contribution < -0.4 is 20.3 Å². The molecule has 1 heterocycles. The molecule has 0 aliphatic carbocycles. The first kappa shape index (κ1) is 25.1. The Balaban J connectivity index is 1.56. The third-order valence-electron chi connectivity index (χ3n) is 5.89. The largest absolute Gasteiger partial charge is 0.493 e. The first-order valence-electron chi connectivity index (χ1n) is 11.5. The molecule has 3 aromatic carbocycles. The van der Waals surface area contributed by atoms with Gasteiger partial charge in [0.05, 0.1) is 18.5 Å². The molecule has 4 rings (SSSR count). The monoisotopic (exact) mass is 494 g/mol. The number of para-hydroxylation sites is 1. The van der Waals surface area contributed by atoms with Crippen molar-refractivity contribution in [2.45, 2.75) is 13.5 Å². The molecule has 0 spiro atoms. The number of aromatic nitrogens is 2. The van der Waals surface area contributed by atoms with E-state index >= 15 is 0 Å². The SMILES string of the molecule is COc1cc(/C=C(\C#N)C(=O)Nc2c(C)n(C)n(-c3ccccc3)c2=O)ccc1OCc1ccccc1. The topological polar surface area (TPSA) is 98.3 Å². The molecule has 0 aliphatic heterocycles. The zero-order valence-corrected chi connectivity index (χ0v) is 20.8. The van der Waals surface area contributed by atoms with Crippen molar-refractivity contribution in [3.8, 4) is 23.3 Å². The van der Waals surface area contributed by atoms with Gasteiger partial charge in [0, 0.05) is 7.05 Å². The van der Waals surface area contributed by atoms with E-state index in [0.29, 0.717) is 35.1 Å². The average molecular weight is 495 g/mol. The number of carbonyl (C=O) groups is 1. The van der Waals surface area contributed by atoms with E-state index in [1.54, 1.807) is 49.0 Å². The summed E-state index contributed by atoms with van der Waals surface area (Å²) in [5.74, 6) is 0.316. The number of rotatable bonds is 8. The zero-order chi connectivity index (χ0) is 26.4. The maximum absolute atomic E-state index is 13.1. The van der Waals surface area contributed by atoms with Crippen molar-refractivity contribution in [1.29, 1.82) is 5.26 Å². The lowest BCUT2D eigenvalue weighted by atomic mass is 10.1. The smallest absolute Gasteiger partial charge is 0.295 e. The van der Waals surface area contributed by atoms with Crippen LogP contribution in [-0.4, -0.2) is 22.4 Å². The zero-order valence-electron chi connectivity index (χ0n) is 20.8. The summed E-state index contributed by atoms with van der Waals surface area (Å²) in [5.41, 5.74) is 2.37. The summed E-state index contributed by atoms with van der Waals surface area (Å²) in [5, 5.41) is 12.3. The van der Waals surface area contributed by atoms with Crippen molar-refractivity contribution in [3.05, 3.63) is 112 Å². The van der Waals surface area contributed by atoms with Crippen molar-refractivity contribution in [3.63, 3.8) is 0 Å². The van der Waals surface area contributed by atoms with Crippen LogP contribution in [0, 0.1) is 18.3 Å². The highest BCUT2D eigenvalue weighted by Crippen LogP contribution is 2.30. The summed E-state index contributed by atoms with van der Waals surface area (Å²) in [6.07, 6.45) is 1.44. The van der Waals surface area contributed by atoms with Crippen molar-refractivity contribution in [1.82, 2.24) is 9.36 Å². The quantitative estimate of drug-likeness (QED) is 0.285. The Kier molecular flexibility index (Phi) is 7.55. The second-order valence-electron chi connectivity index (χ2n) is 8.25. The second kappa shape index (κ2) is 11.1. The molecule has 0 unspecified atom stereocenters. The number of ether oxygens (including phenoxy) is 2. The first-order valence-corrected chi connectivity index (χ1v) is 11.5. The molecule has 4 aromatic rings. The lowest BCUT2D eigenvalue weighted by Crippen LogP contribution is -2.23. The Morgan fingerprint density at radius 1 is 1.03 bits per heavy atom. The number of nitriles is 1. The molecule has 1 amide bonds. The Labute approximate surface area is 214 Å². The van der Waals surface area contributed by atoms with Gasteiger partial charge in [0.2, 0.25) is 0 Å². The number of benzene rings is 3. The highest BCUT2D eigenvalue weighted by Gasteiger charge is 2.20. The van der Waals surface area contributed by atoms with Crippen molar-refractivity contribution in [2.75, 3.05) is 12.4 Å². The molecule has 8 heteroatoms. The van der Waals surface area contributed by atoms with Crippen LogP contribution >= 0.6 is 0 Å². The van der Waals surface area contributed by atoms with Gasteiger partial charge in [-0.25, -0.2) is 4.68 Å². The van der Waals surface area contributed by atoms with Gasteiger partial charge in [-0.05, 0) is 48.4 Å².